The van der Waals surface area contributed by atoms with E-state index in [1.54, 1.807) is 0 Å². The lowest BCUT2D eigenvalue weighted by atomic mass is 9.98. The van der Waals surface area contributed by atoms with Crippen LogP contribution in [0, 0.1) is 5.92 Å². The second-order valence-corrected chi connectivity index (χ2v) is 4.43. The lowest BCUT2D eigenvalue weighted by Gasteiger charge is -2.31. The van der Waals surface area contributed by atoms with Gasteiger partial charge in [-0.2, -0.15) is 0 Å². The van der Waals surface area contributed by atoms with Gasteiger partial charge in [0.05, 0.1) is 0 Å². The molecule has 7 heteroatoms. The van der Waals surface area contributed by atoms with Crippen molar-refractivity contribution in [3.8, 4) is 0 Å². The van der Waals surface area contributed by atoms with Crippen LogP contribution in [0.5, 0.6) is 0 Å². The van der Waals surface area contributed by atoms with Gasteiger partial charge in [0.1, 0.15) is 5.56 Å². The van der Waals surface area contributed by atoms with Gasteiger partial charge in [0.15, 0.2) is 0 Å². The van der Waals surface area contributed by atoms with Crippen LogP contribution in [0.3, 0.4) is 0 Å². The van der Waals surface area contributed by atoms with Gasteiger partial charge in [-0.05, 0) is 18.8 Å². The lowest BCUT2D eigenvalue weighted by Crippen LogP contribution is -2.43. The van der Waals surface area contributed by atoms with Gasteiger partial charge in [-0.1, -0.05) is 0 Å². The Kier molecular flexibility index (Phi) is 3.61. The number of amides is 1. The maximum absolute atomic E-state index is 12.1. The van der Waals surface area contributed by atoms with Crippen LogP contribution >= 0.6 is 0 Å². The molecule has 1 aromatic heterocycles. The number of carbonyl (C=O) groups excluding carboxylic acids is 1. The number of aliphatic hydroxyl groups excluding tert-OH is 1. The van der Waals surface area contributed by atoms with Crippen molar-refractivity contribution in [1.82, 2.24) is 14.9 Å². The third-order valence-electron chi connectivity index (χ3n) is 3.11. The number of likely N-dealkylation sites (tertiary alicyclic amines) is 1. The van der Waals surface area contributed by atoms with Crippen molar-refractivity contribution < 1.29 is 9.90 Å². The van der Waals surface area contributed by atoms with Crippen LogP contribution in [0.1, 0.15) is 23.2 Å². The Labute approximate surface area is 102 Å². The van der Waals surface area contributed by atoms with Crippen LogP contribution in [-0.2, 0) is 0 Å². The molecule has 0 aliphatic carbocycles. The first kappa shape index (κ1) is 12.6. The molecule has 1 amide bonds. The summed E-state index contributed by atoms with van der Waals surface area (Å²) in [6.45, 7) is 1.04. The topological polar surface area (TPSA) is 106 Å². The molecular formula is C11H15N3O4. The maximum atomic E-state index is 12.1. The normalized spacial score (nSPS) is 19.8. The van der Waals surface area contributed by atoms with E-state index in [1.807, 2.05) is 4.98 Å². The Hall–Kier alpha value is -1.89. The third-order valence-corrected chi connectivity index (χ3v) is 3.11. The van der Waals surface area contributed by atoms with Crippen molar-refractivity contribution >= 4 is 5.91 Å². The molecule has 18 heavy (non-hydrogen) atoms. The summed E-state index contributed by atoms with van der Waals surface area (Å²) >= 11 is 0. The van der Waals surface area contributed by atoms with E-state index >= 15 is 0 Å². The van der Waals surface area contributed by atoms with Crippen molar-refractivity contribution in [3.63, 3.8) is 0 Å². The summed E-state index contributed by atoms with van der Waals surface area (Å²) in [6, 6.07) is 0. The number of rotatable bonds is 2. The van der Waals surface area contributed by atoms with Crippen molar-refractivity contribution in [2.24, 2.45) is 5.92 Å². The molecule has 0 radical (unpaired) electrons. The smallest absolute Gasteiger partial charge is 0.325 e. The Morgan fingerprint density at radius 1 is 1.50 bits per heavy atom. The van der Waals surface area contributed by atoms with Gasteiger partial charge in [0.25, 0.3) is 11.5 Å². The monoisotopic (exact) mass is 253 g/mol. The van der Waals surface area contributed by atoms with Crippen LogP contribution in [0.2, 0.25) is 0 Å². The molecule has 1 unspecified atom stereocenters. The van der Waals surface area contributed by atoms with E-state index in [1.165, 1.54) is 4.90 Å². The van der Waals surface area contributed by atoms with Gasteiger partial charge in [-0.25, -0.2) is 4.79 Å². The summed E-state index contributed by atoms with van der Waals surface area (Å²) in [6.07, 6.45) is 2.81. The minimum absolute atomic E-state index is 0.0335. The first-order valence-corrected chi connectivity index (χ1v) is 5.84. The van der Waals surface area contributed by atoms with E-state index in [9.17, 15) is 14.4 Å². The fourth-order valence-electron chi connectivity index (χ4n) is 2.14. The Bertz CT molecular complexity index is 548. The summed E-state index contributed by atoms with van der Waals surface area (Å²) in [5.41, 5.74) is -1.40. The van der Waals surface area contributed by atoms with E-state index in [-0.39, 0.29) is 18.1 Å². The minimum Gasteiger partial charge on any atom is -0.396 e. The van der Waals surface area contributed by atoms with Crippen molar-refractivity contribution in [3.05, 3.63) is 32.6 Å². The van der Waals surface area contributed by atoms with Gasteiger partial charge in [0.2, 0.25) is 0 Å². The number of aromatic amines is 2. The molecule has 0 bridgehead atoms. The maximum Gasteiger partial charge on any atom is 0.325 e. The molecule has 3 N–H and O–H groups in total. The van der Waals surface area contributed by atoms with Crippen LogP contribution < -0.4 is 11.2 Å². The Balaban J connectivity index is 2.20. The number of H-pyrrole nitrogens is 2. The number of aromatic nitrogens is 2. The summed E-state index contributed by atoms with van der Waals surface area (Å²) in [5, 5.41) is 9.10. The lowest BCUT2D eigenvalue weighted by molar-refractivity contribution is 0.0618. The number of carbonyl (C=O) groups is 1. The fourth-order valence-corrected chi connectivity index (χ4v) is 2.14. The largest absolute Gasteiger partial charge is 0.396 e. The van der Waals surface area contributed by atoms with Crippen LogP contribution in [-0.4, -0.2) is 45.6 Å². The second kappa shape index (κ2) is 5.18. The Morgan fingerprint density at radius 3 is 2.94 bits per heavy atom. The fraction of sp³-hybridized carbons (Fsp3) is 0.545. The number of nitrogens with one attached hydrogen (secondary N) is 2. The number of hydrogen-bond donors (Lipinski definition) is 3. The van der Waals surface area contributed by atoms with Crippen LogP contribution in [0.15, 0.2) is 15.8 Å². The molecule has 0 spiro atoms. The van der Waals surface area contributed by atoms with Gasteiger partial charge in [-0.3, -0.25) is 14.6 Å². The van der Waals surface area contributed by atoms with Crippen LogP contribution in [0.4, 0.5) is 0 Å². The highest BCUT2D eigenvalue weighted by Gasteiger charge is 2.25. The van der Waals surface area contributed by atoms with Gasteiger partial charge in [-0.15, -0.1) is 0 Å². The summed E-state index contributed by atoms with van der Waals surface area (Å²) < 4.78 is 0. The zero-order valence-corrected chi connectivity index (χ0v) is 9.81. The number of aliphatic hydroxyl groups is 1. The molecule has 0 aromatic carbocycles. The first-order chi connectivity index (χ1) is 8.61. The average molecular weight is 253 g/mol. The van der Waals surface area contributed by atoms with Crippen molar-refractivity contribution in [1.29, 1.82) is 0 Å². The van der Waals surface area contributed by atoms with Gasteiger partial charge < -0.3 is 15.0 Å². The molecule has 1 aliphatic heterocycles. The highest BCUT2D eigenvalue weighted by Crippen LogP contribution is 2.16. The van der Waals surface area contributed by atoms with E-state index in [0.29, 0.717) is 13.1 Å². The molecular weight excluding hydrogens is 238 g/mol. The van der Waals surface area contributed by atoms with Gasteiger partial charge >= 0.3 is 5.69 Å². The summed E-state index contributed by atoms with van der Waals surface area (Å²) in [4.78, 5) is 40.3. The molecule has 2 rings (SSSR count). The van der Waals surface area contributed by atoms with Gasteiger partial charge in [0, 0.05) is 25.9 Å². The molecule has 7 nitrogen and oxygen atoms in total. The standard InChI is InChI=1S/C11H15N3O4/c15-6-7-2-1-3-14(5-7)10(17)8-4-12-11(18)13-9(8)16/h4,7,15H,1-3,5-6H2,(H2,12,13,16,18). The third kappa shape index (κ3) is 2.51. The molecule has 2 heterocycles. The molecule has 1 atom stereocenters. The van der Waals surface area contributed by atoms with E-state index in [2.05, 4.69) is 4.98 Å². The van der Waals surface area contributed by atoms with E-state index in [4.69, 9.17) is 5.11 Å². The second-order valence-electron chi connectivity index (χ2n) is 4.43. The highest BCUT2D eigenvalue weighted by atomic mass is 16.3. The van der Waals surface area contributed by atoms with E-state index in [0.717, 1.165) is 19.0 Å². The number of hydrogen-bond acceptors (Lipinski definition) is 4. The molecule has 0 saturated carbocycles. The average Bonchev–Trinajstić information content (AvgIpc) is 2.38. The zero-order chi connectivity index (χ0) is 13.1. The number of piperidine rings is 1. The van der Waals surface area contributed by atoms with E-state index < -0.39 is 17.2 Å². The quantitative estimate of drug-likeness (QED) is 0.622. The Morgan fingerprint density at radius 2 is 2.28 bits per heavy atom. The van der Waals surface area contributed by atoms with Crippen molar-refractivity contribution in [2.75, 3.05) is 19.7 Å². The summed E-state index contributed by atoms with van der Waals surface area (Å²) in [7, 11) is 0. The molecule has 98 valence electrons. The first-order valence-electron chi connectivity index (χ1n) is 5.84. The predicted octanol–water partition coefficient (Wildman–Crippen LogP) is -1.09. The highest BCUT2D eigenvalue weighted by molar-refractivity contribution is 5.93. The van der Waals surface area contributed by atoms with Crippen LogP contribution in [0.25, 0.3) is 0 Å². The predicted molar refractivity (Wildman–Crippen MR) is 63.4 cm³/mol. The van der Waals surface area contributed by atoms with Crippen molar-refractivity contribution in [2.45, 2.75) is 12.8 Å². The molecule has 1 aliphatic rings. The summed E-state index contributed by atoms with van der Waals surface area (Å²) in [5.74, 6) is -0.352. The molecule has 1 fully saturated rings. The zero-order valence-electron chi connectivity index (χ0n) is 9.81. The SMILES string of the molecule is O=C(c1c[nH]c(=O)[nH]c1=O)N1CCCC(CO)C1. The molecule has 1 saturated heterocycles. The minimum atomic E-state index is -0.685. The molecule has 1 aromatic rings. The number of nitrogens with zero attached hydrogens (tertiary/aromatic N) is 1.